The third-order valence-corrected chi connectivity index (χ3v) is 7.28. The molecule has 0 amide bonds. The van der Waals surface area contributed by atoms with Crippen molar-refractivity contribution in [3.8, 4) is 11.5 Å². The molecule has 0 radical (unpaired) electrons. The maximum atomic E-state index is 14.8. The Hall–Kier alpha value is -3.55. The quantitative estimate of drug-likeness (QED) is 0.431. The average molecular weight is 506 g/mol. The maximum absolute atomic E-state index is 14.8. The van der Waals surface area contributed by atoms with Gasteiger partial charge in [-0.2, -0.15) is 0 Å². The van der Waals surface area contributed by atoms with Crippen molar-refractivity contribution in [1.82, 2.24) is 4.90 Å². The van der Waals surface area contributed by atoms with E-state index in [-0.39, 0.29) is 24.0 Å². The Labute approximate surface area is 216 Å². The van der Waals surface area contributed by atoms with E-state index in [1.54, 1.807) is 67.6 Å². The van der Waals surface area contributed by atoms with Crippen molar-refractivity contribution in [2.24, 2.45) is 11.8 Å². The Morgan fingerprint density at radius 1 is 0.865 bits per heavy atom. The van der Waals surface area contributed by atoms with Gasteiger partial charge >= 0.3 is 0 Å². The summed E-state index contributed by atoms with van der Waals surface area (Å²) in [6.45, 7) is 2.50. The van der Waals surface area contributed by atoms with Crippen molar-refractivity contribution in [1.29, 1.82) is 0 Å². The molecule has 4 rings (SSSR count). The number of piperidine rings is 1. The fourth-order valence-electron chi connectivity index (χ4n) is 5.47. The molecular formula is C30H32FNO5. The number of carbonyl (C=O) groups excluding carboxylic acids is 2. The lowest BCUT2D eigenvalue weighted by Crippen LogP contribution is -2.51. The van der Waals surface area contributed by atoms with E-state index in [0.717, 1.165) is 0 Å². The largest absolute Gasteiger partial charge is 0.496 e. The summed E-state index contributed by atoms with van der Waals surface area (Å²) in [6, 6.07) is 18.8. The summed E-state index contributed by atoms with van der Waals surface area (Å²) < 4.78 is 25.8. The van der Waals surface area contributed by atoms with Crippen LogP contribution in [0.5, 0.6) is 11.5 Å². The van der Waals surface area contributed by atoms with Gasteiger partial charge in [-0.25, -0.2) is 4.39 Å². The Balaban J connectivity index is 1.90. The standard InChI is InChI=1S/C30H32FNO5/c1-19-20(11-8-12-25(19)31)28-23(29(34)21-9-4-6-13-26(21)36-2)17-32(15-16-33)18-24(28)30(35)22-10-5-7-14-27(22)37-3/h4-14,23-24,28,33H,15-18H2,1-3H3/t23-,24-/m0/s1. The van der Waals surface area contributed by atoms with Gasteiger partial charge in [-0.05, 0) is 48.4 Å². The summed E-state index contributed by atoms with van der Waals surface area (Å²) in [6.07, 6.45) is 0. The number of para-hydroxylation sites is 2. The molecule has 0 spiro atoms. The molecule has 1 N–H and O–H groups in total. The molecule has 7 heteroatoms. The van der Waals surface area contributed by atoms with E-state index in [1.165, 1.54) is 20.3 Å². The number of aliphatic hydroxyl groups excluding tert-OH is 1. The van der Waals surface area contributed by atoms with Crippen LogP contribution in [0.1, 0.15) is 37.8 Å². The number of β-amino-alcohol motifs (C(OH)–C–C–N with tert-alkyl or cyclic N) is 1. The first-order chi connectivity index (χ1) is 17.9. The molecule has 0 bridgehead atoms. The molecule has 0 unspecified atom stereocenters. The van der Waals surface area contributed by atoms with Crippen LogP contribution < -0.4 is 9.47 Å². The summed E-state index contributed by atoms with van der Waals surface area (Å²) >= 11 is 0. The summed E-state index contributed by atoms with van der Waals surface area (Å²) in [5.41, 5.74) is 1.86. The molecule has 2 atom stereocenters. The first-order valence-corrected chi connectivity index (χ1v) is 12.3. The number of ketones is 2. The molecule has 194 valence electrons. The second-order valence-electron chi connectivity index (χ2n) is 9.31. The Morgan fingerprint density at radius 3 is 1.86 bits per heavy atom. The van der Waals surface area contributed by atoms with Crippen LogP contribution in [0.15, 0.2) is 66.7 Å². The highest BCUT2D eigenvalue weighted by Crippen LogP contribution is 2.43. The number of rotatable bonds is 9. The van der Waals surface area contributed by atoms with Gasteiger partial charge < -0.3 is 14.6 Å². The number of benzene rings is 3. The van der Waals surface area contributed by atoms with E-state index in [2.05, 4.69) is 0 Å². The Kier molecular flexibility index (Phi) is 8.36. The minimum absolute atomic E-state index is 0.116. The molecule has 37 heavy (non-hydrogen) atoms. The minimum atomic E-state index is -0.680. The Bertz CT molecular complexity index is 1210. The van der Waals surface area contributed by atoms with Gasteiger partial charge in [0.2, 0.25) is 0 Å². The number of halogens is 1. The van der Waals surface area contributed by atoms with Crippen LogP contribution in [0.4, 0.5) is 4.39 Å². The molecule has 0 aromatic heterocycles. The van der Waals surface area contributed by atoms with E-state index >= 15 is 0 Å². The zero-order valence-electron chi connectivity index (χ0n) is 21.3. The number of aliphatic hydroxyl groups is 1. The van der Waals surface area contributed by atoms with Gasteiger partial charge in [0.1, 0.15) is 17.3 Å². The molecule has 3 aromatic carbocycles. The number of likely N-dealkylation sites (tertiary alicyclic amines) is 1. The monoisotopic (exact) mass is 505 g/mol. The van der Waals surface area contributed by atoms with Crippen molar-refractivity contribution in [3.05, 3.63) is 94.8 Å². The van der Waals surface area contributed by atoms with Crippen LogP contribution in [0.25, 0.3) is 0 Å². The van der Waals surface area contributed by atoms with E-state index in [1.807, 2.05) is 4.90 Å². The van der Waals surface area contributed by atoms with E-state index in [9.17, 15) is 19.1 Å². The SMILES string of the molecule is COc1ccccc1C(=O)[C@H]1CN(CCO)C[C@H](C(=O)c2ccccc2OC)C1c1cccc(F)c1C. The normalized spacial score (nSPS) is 18.4. The molecule has 3 aromatic rings. The third kappa shape index (κ3) is 5.29. The fraction of sp³-hybridized carbons (Fsp3) is 0.333. The number of nitrogens with zero attached hydrogens (tertiary/aromatic N) is 1. The highest BCUT2D eigenvalue weighted by Gasteiger charge is 2.46. The van der Waals surface area contributed by atoms with Crippen molar-refractivity contribution in [3.63, 3.8) is 0 Å². The topological polar surface area (TPSA) is 76.1 Å². The van der Waals surface area contributed by atoms with Crippen LogP contribution in [-0.4, -0.2) is 62.0 Å². The lowest BCUT2D eigenvalue weighted by molar-refractivity contribution is 0.0526. The second kappa shape index (κ2) is 11.7. The van der Waals surface area contributed by atoms with Gasteiger partial charge in [0.15, 0.2) is 11.6 Å². The fourth-order valence-corrected chi connectivity index (χ4v) is 5.47. The molecule has 6 nitrogen and oxygen atoms in total. The van der Waals surface area contributed by atoms with Crippen molar-refractivity contribution < 1.29 is 28.6 Å². The zero-order valence-corrected chi connectivity index (χ0v) is 21.3. The summed E-state index contributed by atoms with van der Waals surface area (Å²) in [4.78, 5) is 30.2. The predicted octanol–water partition coefficient (Wildman–Crippen LogP) is 4.54. The van der Waals surface area contributed by atoms with Crippen LogP contribution in [-0.2, 0) is 0 Å². The number of methoxy groups -OCH3 is 2. The number of hydrogen-bond acceptors (Lipinski definition) is 6. The van der Waals surface area contributed by atoms with E-state index < -0.39 is 17.8 Å². The predicted molar refractivity (Wildman–Crippen MR) is 139 cm³/mol. The second-order valence-corrected chi connectivity index (χ2v) is 9.31. The van der Waals surface area contributed by atoms with Gasteiger partial charge in [0, 0.05) is 37.4 Å². The van der Waals surface area contributed by atoms with Crippen LogP contribution in [0.2, 0.25) is 0 Å². The van der Waals surface area contributed by atoms with Crippen LogP contribution in [0.3, 0.4) is 0 Å². The molecule has 1 aliphatic rings. The highest BCUT2D eigenvalue weighted by molar-refractivity contribution is 6.04. The molecule has 0 saturated carbocycles. The molecular weight excluding hydrogens is 473 g/mol. The van der Waals surface area contributed by atoms with Crippen molar-refractivity contribution in [2.75, 3.05) is 40.5 Å². The van der Waals surface area contributed by atoms with Crippen molar-refractivity contribution >= 4 is 11.6 Å². The van der Waals surface area contributed by atoms with Crippen LogP contribution >= 0.6 is 0 Å². The molecule has 1 saturated heterocycles. The lowest BCUT2D eigenvalue weighted by Gasteiger charge is -2.43. The first-order valence-electron chi connectivity index (χ1n) is 12.3. The molecule has 1 fully saturated rings. The molecule has 1 aliphatic heterocycles. The summed E-state index contributed by atoms with van der Waals surface area (Å²) in [7, 11) is 3.01. The van der Waals surface area contributed by atoms with Gasteiger partial charge in [-0.3, -0.25) is 14.5 Å². The molecule has 0 aliphatic carbocycles. The van der Waals surface area contributed by atoms with Crippen LogP contribution in [0, 0.1) is 24.6 Å². The van der Waals surface area contributed by atoms with Gasteiger partial charge in [-0.1, -0.05) is 36.4 Å². The molecule has 1 heterocycles. The first kappa shape index (κ1) is 26.5. The minimum Gasteiger partial charge on any atom is -0.496 e. The maximum Gasteiger partial charge on any atom is 0.171 e. The number of carbonyl (C=O) groups is 2. The summed E-state index contributed by atoms with van der Waals surface area (Å²) in [5.74, 6) is -1.84. The zero-order chi connectivity index (χ0) is 26.5. The smallest absolute Gasteiger partial charge is 0.171 e. The average Bonchev–Trinajstić information content (AvgIpc) is 2.93. The summed E-state index contributed by atoms with van der Waals surface area (Å²) in [5, 5.41) is 9.73. The number of ether oxygens (including phenoxy) is 2. The van der Waals surface area contributed by atoms with Gasteiger partial charge in [0.05, 0.1) is 32.0 Å². The van der Waals surface area contributed by atoms with Gasteiger partial charge in [-0.15, -0.1) is 0 Å². The number of Topliss-reactive ketones (excluding diaryl/α,β-unsaturated/α-hetero) is 2. The van der Waals surface area contributed by atoms with Crippen molar-refractivity contribution in [2.45, 2.75) is 12.8 Å². The van der Waals surface area contributed by atoms with E-state index in [0.29, 0.717) is 53.4 Å². The highest BCUT2D eigenvalue weighted by atomic mass is 19.1. The van der Waals surface area contributed by atoms with E-state index in [4.69, 9.17) is 9.47 Å². The third-order valence-electron chi connectivity index (χ3n) is 7.28. The van der Waals surface area contributed by atoms with Gasteiger partial charge in [0.25, 0.3) is 0 Å². The Morgan fingerprint density at radius 2 is 1.38 bits per heavy atom. The lowest BCUT2D eigenvalue weighted by atomic mass is 9.67. The number of hydrogen-bond donors (Lipinski definition) is 1.